The lowest BCUT2D eigenvalue weighted by atomic mass is 10.4. The minimum atomic E-state index is -2.66. The molecule has 1 aliphatic rings. The third kappa shape index (κ3) is 2.24. The van der Waals surface area contributed by atoms with Gasteiger partial charge in [0.15, 0.2) is 5.79 Å². The molecule has 0 N–H and O–H groups in total. The Balaban J connectivity index is 2.89. The van der Waals surface area contributed by atoms with Gasteiger partial charge in [-0.1, -0.05) is 6.92 Å². The van der Waals surface area contributed by atoms with Crippen molar-refractivity contribution in [3.05, 3.63) is 12.4 Å². The Labute approximate surface area is 98.9 Å². The van der Waals surface area contributed by atoms with Crippen molar-refractivity contribution in [2.24, 2.45) is 0 Å². The van der Waals surface area contributed by atoms with Gasteiger partial charge in [0.1, 0.15) is 0 Å². The molecule has 0 radical (unpaired) electrons. The van der Waals surface area contributed by atoms with Gasteiger partial charge in [-0.25, -0.2) is 0 Å². The summed E-state index contributed by atoms with van der Waals surface area (Å²) < 4.78 is 16.6. The molecule has 0 amide bonds. The molecule has 0 aromatic rings. The van der Waals surface area contributed by atoms with Crippen LogP contribution in [0.5, 0.6) is 0 Å². The molecule has 0 saturated heterocycles. The average Bonchev–Trinajstić information content (AvgIpc) is 2.66. The van der Waals surface area contributed by atoms with Crippen molar-refractivity contribution in [1.82, 2.24) is 9.80 Å². The fourth-order valence-corrected chi connectivity index (χ4v) is 4.40. The third-order valence-electron chi connectivity index (χ3n) is 2.84. The molecule has 1 heterocycles. The first kappa shape index (κ1) is 13.5. The summed E-state index contributed by atoms with van der Waals surface area (Å²) in [5.41, 5.74) is 0. The minimum Gasteiger partial charge on any atom is -0.375 e. The van der Waals surface area contributed by atoms with Crippen LogP contribution in [0, 0.1) is 0 Å². The molecule has 0 fully saturated rings. The zero-order valence-electron chi connectivity index (χ0n) is 10.8. The van der Waals surface area contributed by atoms with Crippen molar-refractivity contribution in [1.29, 1.82) is 0 Å². The van der Waals surface area contributed by atoms with E-state index in [4.69, 9.17) is 13.3 Å². The van der Waals surface area contributed by atoms with Gasteiger partial charge < -0.3 is 23.1 Å². The van der Waals surface area contributed by atoms with Crippen LogP contribution in [0.15, 0.2) is 12.4 Å². The summed E-state index contributed by atoms with van der Waals surface area (Å²) in [7, 11) is 4.30. The highest BCUT2D eigenvalue weighted by molar-refractivity contribution is 6.62. The summed E-state index contributed by atoms with van der Waals surface area (Å²) in [6, 6.07) is 0. The molecule has 0 saturated carbocycles. The molecule has 6 heteroatoms. The van der Waals surface area contributed by atoms with E-state index in [0.29, 0.717) is 0 Å². The van der Waals surface area contributed by atoms with Gasteiger partial charge in [0.2, 0.25) is 0 Å². The highest BCUT2D eigenvalue weighted by atomic mass is 28.4. The zero-order valence-corrected chi connectivity index (χ0v) is 11.8. The summed E-state index contributed by atoms with van der Waals surface area (Å²) in [6.45, 7) is 3.12. The maximum atomic E-state index is 5.54. The molecule has 1 unspecified atom stereocenters. The van der Waals surface area contributed by atoms with Gasteiger partial charge in [0.25, 0.3) is 0 Å². The fraction of sp³-hybridized carbons (Fsp3) is 0.800. The minimum absolute atomic E-state index is 0.0347. The summed E-state index contributed by atoms with van der Waals surface area (Å²) in [6.07, 6.45) is 5.17. The van der Waals surface area contributed by atoms with Gasteiger partial charge >= 0.3 is 8.80 Å². The predicted octanol–water partition coefficient (Wildman–Crippen LogP) is 0.858. The lowest BCUT2D eigenvalue weighted by molar-refractivity contribution is 0.0599. The van der Waals surface area contributed by atoms with Crippen molar-refractivity contribution in [2.75, 3.05) is 34.9 Å². The molecule has 94 valence electrons. The molecular weight excluding hydrogens is 224 g/mol. The number of hydrogen-bond acceptors (Lipinski definition) is 5. The molecule has 0 spiro atoms. The van der Waals surface area contributed by atoms with E-state index in [9.17, 15) is 0 Å². The second kappa shape index (κ2) is 5.67. The van der Waals surface area contributed by atoms with E-state index >= 15 is 0 Å². The predicted molar refractivity (Wildman–Crippen MR) is 64.5 cm³/mol. The van der Waals surface area contributed by atoms with Gasteiger partial charge in [-0.2, -0.15) is 0 Å². The van der Waals surface area contributed by atoms with Crippen LogP contribution >= 0.6 is 0 Å². The monoisotopic (exact) mass is 246 g/mol. The van der Waals surface area contributed by atoms with Crippen LogP contribution in [0.1, 0.15) is 13.3 Å². The smallest absolute Gasteiger partial charge is 0.375 e. The Morgan fingerprint density at radius 1 is 1.12 bits per heavy atom. The van der Waals surface area contributed by atoms with E-state index in [1.165, 1.54) is 0 Å². The molecule has 1 aliphatic heterocycles. The van der Waals surface area contributed by atoms with E-state index in [-0.39, 0.29) is 5.79 Å². The fourth-order valence-electron chi connectivity index (χ4n) is 2.06. The quantitative estimate of drug-likeness (QED) is 0.649. The first-order valence-corrected chi connectivity index (χ1v) is 7.26. The molecule has 5 nitrogen and oxygen atoms in total. The van der Waals surface area contributed by atoms with E-state index in [1.54, 1.807) is 21.3 Å². The van der Waals surface area contributed by atoms with Crippen LogP contribution in [-0.2, 0) is 13.3 Å². The Kier molecular flexibility index (Phi) is 4.79. The molecule has 1 atom stereocenters. The van der Waals surface area contributed by atoms with E-state index < -0.39 is 8.80 Å². The second-order valence-corrected chi connectivity index (χ2v) is 6.74. The van der Waals surface area contributed by atoms with Gasteiger partial charge in [-0.3, -0.25) is 0 Å². The summed E-state index contributed by atoms with van der Waals surface area (Å²) in [5.74, 6) is 0.0347. The second-order valence-electron chi connectivity index (χ2n) is 3.79. The Morgan fingerprint density at radius 3 is 2.12 bits per heavy atom. The highest BCUT2D eigenvalue weighted by Crippen LogP contribution is 2.25. The molecule has 1 rings (SSSR count). The van der Waals surface area contributed by atoms with Crippen LogP contribution < -0.4 is 0 Å². The standard InChI is InChI=1S/C10H22N2O3Si/c1-6-7-12-9-8-11(2)10(12)16(13-3,14-4)15-5/h8-10H,6-7H2,1-5H3. The molecule has 0 bridgehead atoms. The van der Waals surface area contributed by atoms with Crippen molar-refractivity contribution >= 4 is 8.80 Å². The normalized spacial score (nSPS) is 20.9. The van der Waals surface area contributed by atoms with Crippen LogP contribution in [0.25, 0.3) is 0 Å². The lowest BCUT2D eigenvalue weighted by Gasteiger charge is -2.39. The van der Waals surface area contributed by atoms with Gasteiger partial charge in [-0.15, -0.1) is 0 Å². The first-order chi connectivity index (χ1) is 7.65. The van der Waals surface area contributed by atoms with Crippen molar-refractivity contribution in [2.45, 2.75) is 19.1 Å². The Hall–Kier alpha value is -0.563. The summed E-state index contributed by atoms with van der Waals surface area (Å²) in [4.78, 5) is 4.29. The Bertz CT molecular complexity index is 238. The lowest BCUT2D eigenvalue weighted by Crippen LogP contribution is -2.63. The topological polar surface area (TPSA) is 34.2 Å². The largest absolute Gasteiger partial charge is 0.545 e. The zero-order chi connectivity index (χ0) is 12.2. The van der Waals surface area contributed by atoms with E-state index in [2.05, 4.69) is 22.9 Å². The maximum absolute atomic E-state index is 5.54. The number of rotatable bonds is 6. The molecule has 0 aromatic heterocycles. The highest BCUT2D eigenvalue weighted by Gasteiger charge is 2.53. The third-order valence-corrected chi connectivity index (χ3v) is 5.92. The molecular formula is C10H22N2O3Si. The van der Waals surface area contributed by atoms with Gasteiger partial charge in [0.05, 0.1) is 0 Å². The molecule has 0 aromatic carbocycles. The molecule has 0 aliphatic carbocycles. The maximum Gasteiger partial charge on any atom is 0.545 e. The van der Waals surface area contributed by atoms with E-state index in [0.717, 1.165) is 13.0 Å². The number of nitrogens with zero attached hydrogens (tertiary/aromatic N) is 2. The van der Waals surface area contributed by atoms with Crippen LogP contribution in [0.2, 0.25) is 0 Å². The van der Waals surface area contributed by atoms with Crippen LogP contribution in [0.3, 0.4) is 0 Å². The van der Waals surface area contributed by atoms with Crippen molar-refractivity contribution in [3.63, 3.8) is 0 Å². The van der Waals surface area contributed by atoms with Crippen LogP contribution in [-0.4, -0.2) is 59.3 Å². The van der Waals surface area contributed by atoms with Gasteiger partial charge in [-0.05, 0) is 6.42 Å². The number of hydrogen-bond donors (Lipinski definition) is 0. The van der Waals surface area contributed by atoms with Crippen molar-refractivity contribution < 1.29 is 13.3 Å². The van der Waals surface area contributed by atoms with Crippen LogP contribution in [0.4, 0.5) is 0 Å². The first-order valence-electron chi connectivity index (χ1n) is 5.46. The Morgan fingerprint density at radius 2 is 1.69 bits per heavy atom. The average molecular weight is 246 g/mol. The van der Waals surface area contributed by atoms with Crippen molar-refractivity contribution in [3.8, 4) is 0 Å². The SMILES string of the molecule is CCCN1C=CN(C)C1[Si](OC)(OC)OC. The van der Waals surface area contributed by atoms with Gasteiger partial charge in [0, 0.05) is 47.3 Å². The summed E-state index contributed by atoms with van der Waals surface area (Å²) in [5, 5.41) is 0. The summed E-state index contributed by atoms with van der Waals surface area (Å²) >= 11 is 0. The molecule has 16 heavy (non-hydrogen) atoms. The van der Waals surface area contributed by atoms with E-state index in [1.807, 2.05) is 13.2 Å².